The second-order valence-corrected chi connectivity index (χ2v) is 18.3. The Morgan fingerprint density at radius 2 is 1.74 bits per heavy atom. The molecule has 1 aromatic carbocycles. The van der Waals surface area contributed by atoms with Crippen molar-refractivity contribution in [2.75, 3.05) is 11.5 Å². The predicted octanol–water partition coefficient (Wildman–Crippen LogP) is 5.61. The van der Waals surface area contributed by atoms with Crippen LogP contribution in [-0.4, -0.2) is 61.9 Å². The topological polar surface area (TPSA) is 132 Å². The Morgan fingerprint density at radius 1 is 1.05 bits per heavy atom. The first-order valence-corrected chi connectivity index (χ1v) is 18.5. The lowest BCUT2D eigenvalue weighted by Crippen LogP contribution is -2.31. The number of anilines is 1. The predicted molar refractivity (Wildman–Crippen MR) is 164 cm³/mol. The fourth-order valence-corrected chi connectivity index (χ4v) is 6.88. The molecule has 43 heavy (non-hydrogen) atoms. The van der Waals surface area contributed by atoms with Gasteiger partial charge >= 0.3 is 5.97 Å². The van der Waals surface area contributed by atoms with Crippen molar-refractivity contribution in [3.05, 3.63) is 60.2 Å². The summed E-state index contributed by atoms with van der Waals surface area (Å²) in [5.74, 6) is -1.60. The second-order valence-electron chi connectivity index (χ2n) is 12.6. The molecule has 2 aliphatic rings. The fourth-order valence-electron chi connectivity index (χ4n) is 6.13. The van der Waals surface area contributed by atoms with E-state index in [1.807, 2.05) is 16.8 Å². The van der Waals surface area contributed by atoms with Gasteiger partial charge in [0.05, 0.1) is 34.8 Å². The number of nitrogens with zero attached hydrogens (tertiary/aromatic N) is 6. The third-order valence-corrected chi connectivity index (χ3v) is 10.1. The summed E-state index contributed by atoms with van der Waals surface area (Å²) in [6, 6.07) is 9.21. The van der Waals surface area contributed by atoms with Crippen LogP contribution in [-0.2, 0) is 16.3 Å². The van der Waals surface area contributed by atoms with E-state index in [1.165, 1.54) is 6.33 Å². The zero-order valence-electron chi connectivity index (χ0n) is 24.7. The van der Waals surface area contributed by atoms with Gasteiger partial charge in [-0.05, 0) is 43.0 Å². The molecule has 0 bridgehead atoms. The Hall–Kier alpha value is -4.16. The van der Waals surface area contributed by atoms with Crippen LogP contribution in [0.2, 0.25) is 25.7 Å². The molecule has 4 heterocycles. The van der Waals surface area contributed by atoms with E-state index in [9.17, 15) is 19.5 Å². The van der Waals surface area contributed by atoms with Gasteiger partial charge in [0.15, 0.2) is 5.82 Å². The molecule has 0 saturated heterocycles. The van der Waals surface area contributed by atoms with Crippen molar-refractivity contribution in [3.8, 4) is 11.3 Å². The number of ether oxygens (including phenoxy) is 1. The number of rotatable bonds is 11. The molecule has 1 fully saturated rings. The van der Waals surface area contributed by atoms with Crippen molar-refractivity contribution in [3.63, 3.8) is 0 Å². The first-order chi connectivity index (χ1) is 20.6. The maximum absolute atomic E-state index is 13.6. The van der Waals surface area contributed by atoms with E-state index in [0.29, 0.717) is 46.8 Å². The fraction of sp³-hybridized carbons (Fsp3) is 0.419. The van der Waals surface area contributed by atoms with Gasteiger partial charge in [0.1, 0.15) is 18.7 Å². The molecule has 1 N–H and O–H groups in total. The molecule has 12 heteroatoms. The number of carboxylic acid groups (broad SMARTS) is 1. The van der Waals surface area contributed by atoms with Crippen LogP contribution < -0.4 is 4.90 Å². The molecule has 0 spiro atoms. The highest BCUT2D eigenvalue weighted by atomic mass is 28.3. The zero-order chi connectivity index (χ0) is 30.3. The molecule has 1 unspecified atom stereocenters. The smallest absolute Gasteiger partial charge is 0.305 e. The lowest BCUT2D eigenvalue weighted by atomic mass is 9.95. The van der Waals surface area contributed by atoms with Gasteiger partial charge in [0.2, 0.25) is 0 Å². The molecular formula is C31H36N6O5Si. The average molecular weight is 601 g/mol. The molecule has 0 radical (unpaired) electrons. The molecule has 11 nitrogen and oxygen atoms in total. The van der Waals surface area contributed by atoms with Crippen molar-refractivity contribution in [2.45, 2.75) is 70.6 Å². The van der Waals surface area contributed by atoms with Crippen LogP contribution in [0.1, 0.15) is 58.9 Å². The first-order valence-electron chi connectivity index (χ1n) is 14.8. The van der Waals surface area contributed by atoms with E-state index in [2.05, 4.69) is 29.6 Å². The molecular weight excluding hydrogens is 564 g/mol. The summed E-state index contributed by atoms with van der Waals surface area (Å²) in [5.41, 5.74) is 2.23. The summed E-state index contributed by atoms with van der Waals surface area (Å²) >= 11 is 0. The summed E-state index contributed by atoms with van der Waals surface area (Å²) in [5, 5.41) is 15.3. The SMILES string of the molecule is C[Si](C)(C)CCOCn1ccc2c(-c3cn(C(CC(=O)O)C4CCCC4)nc3N3C(=O)c4ccccc4C3=O)ncnc21. The van der Waals surface area contributed by atoms with Crippen LogP contribution >= 0.6 is 0 Å². The van der Waals surface area contributed by atoms with Crippen LogP contribution in [0.15, 0.2) is 49.1 Å². The highest BCUT2D eigenvalue weighted by Crippen LogP contribution is 2.41. The summed E-state index contributed by atoms with van der Waals surface area (Å²) in [6.45, 7) is 7.91. The standard InChI is InChI=1S/C31H36N6O5Si/c1-43(2,3)15-14-42-19-35-13-12-23-27(32-18-33-28(23)35)24-17-36(25(16-26(38)39)20-8-4-5-9-20)34-29(24)37-30(40)21-10-6-7-11-22(21)31(37)41/h6-7,10-13,17-18,20,25H,4-5,8-9,14-16,19H2,1-3H3,(H,38,39). The Bertz CT molecular complexity index is 1670. The normalized spacial score (nSPS) is 16.4. The number of amides is 2. The number of benzene rings is 1. The Balaban J connectivity index is 1.44. The van der Waals surface area contributed by atoms with Crippen molar-refractivity contribution in [2.24, 2.45) is 5.92 Å². The lowest BCUT2D eigenvalue weighted by molar-refractivity contribution is -0.138. The number of aromatic nitrogens is 5. The average Bonchev–Trinajstić information content (AvgIpc) is 3.77. The highest BCUT2D eigenvalue weighted by Gasteiger charge is 2.41. The molecule has 2 amide bonds. The van der Waals surface area contributed by atoms with Gasteiger partial charge in [0.25, 0.3) is 11.8 Å². The first kappa shape index (κ1) is 28.9. The minimum atomic E-state index is -1.23. The van der Waals surface area contributed by atoms with Crippen molar-refractivity contribution in [1.82, 2.24) is 24.3 Å². The third kappa shape index (κ3) is 5.64. The molecule has 4 aromatic rings. The van der Waals surface area contributed by atoms with Gasteiger partial charge in [-0.2, -0.15) is 5.10 Å². The van der Waals surface area contributed by atoms with Crippen molar-refractivity contribution >= 4 is 42.7 Å². The molecule has 1 atom stereocenters. The molecule has 224 valence electrons. The number of carboxylic acids is 1. The number of imide groups is 1. The quantitative estimate of drug-likeness (QED) is 0.133. The monoisotopic (exact) mass is 600 g/mol. The van der Waals surface area contributed by atoms with Crippen LogP contribution in [0.4, 0.5) is 5.82 Å². The van der Waals surface area contributed by atoms with E-state index < -0.39 is 31.9 Å². The summed E-state index contributed by atoms with van der Waals surface area (Å²) in [7, 11) is -1.23. The maximum Gasteiger partial charge on any atom is 0.305 e. The van der Waals surface area contributed by atoms with E-state index in [-0.39, 0.29) is 18.2 Å². The molecule has 1 aliphatic heterocycles. The summed E-state index contributed by atoms with van der Waals surface area (Å²) < 4.78 is 9.52. The molecule has 3 aromatic heterocycles. The Morgan fingerprint density at radius 3 is 2.40 bits per heavy atom. The van der Waals surface area contributed by atoms with Gasteiger partial charge in [-0.3, -0.25) is 19.1 Å². The van der Waals surface area contributed by atoms with E-state index in [1.54, 1.807) is 35.1 Å². The Labute approximate surface area is 250 Å². The van der Waals surface area contributed by atoms with Crippen molar-refractivity contribution in [1.29, 1.82) is 0 Å². The van der Waals surface area contributed by atoms with Crippen LogP contribution in [0.5, 0.6) is 0 Å². The minimum absolute atomic E-state index is 0.113. The molecule has 1 saturated carbocycles. The summed E-state index contributed by atoms with van der Waals surface area (Å²) in [6.07, 6.45) is 8.81. The Kier molecular flexibility index (Phi) is 7.73. The second kappa shape index (κ2) is 11.5. The largest absolute Gasteiger partial charge is 0.481 e. The minimum Gasteiger partial charge on any atom is -0.481 e. The molecule has 6 rings (SSSR count). The summed E-state index contributed by atoms with van der Waals surface area (Å²) in [4.78, 5) is 49.4. The van der Waals surface area contributed by atoms with Crippen molar-refractivity contribution < 1.29 is 24.2 Å². The number of aliphatic carboxylic acids is 1. The number of carbonyl (C=O) groups is 3. The number of carbonyl (C=O) groups excluding carboxylic acids is 2. The van der Waals surface area contributed by atoms with Gasteiger partial charge in [-0.25, -0.2) is 14.9 Å². The van der Waals surface area contributed by atoms with Crippen LogP contribution in [0, 0.1) is 5.92 Å². The van der Waals surface area contributed by atoms with Crippen LogP contribution in [0.25, 0.3) is 22.3 Å². The number of fused-ring (bicyclic) bond motifs is 2. The van der Waals surface area contributed by atoms with Crippen LogP contribution in [0.3, 0.4) is 0 Å². The van der Waals surface area contributed by atoms with Gasteiger partial charge in [0, 0.05) is 32.5 Å². The number of hydrogen-bond acceptors (Lipinski definition) is 7. The third-order valence-electron chi connectivity index (χ3n) is 8.42. The van der Waals surface area contributed by atoms with Gasteiger partial charge < -0.3 is 14.4 Å². The molecule has 1 aliphatic carbocycles. The van der Waals surface area contributed by atoms with E-state index >= 15 is 0 Å². The van der Waals surface area contributed by atoms with Gasteiger partial charge in [-0.1, -0.05) is 44.6 Å². The number of hydrogen-bond donors (Lipinski definition) is 1. The van der Waals surface area contributed by atoms with E-state index in [4.69, 9.17) is 9.84 Å². The highest BCUT2D eigenvalue weighted by molar-refractivity contribution is 6.76. The van der Waals surface area contributed by atoms with Gasteiger partial charge in [-0.15, -0.1) is 0 Å². The van der Waals surface area contributed by atoms with E-state index in [0.717, 1.165) is 36.6 Å². The maximum atomic E-state index is 13.6. The lowest BCUT2D eigenvalue weighted by Gasteiger charge is -2.22. The zero-order valence-corrected chi connectivity index (χ0v) is 25.7.